The largest absolute Gasteiger partial charge is 0.468 e. The summed E-state index contributed by atoms with van der Waals surface area (Å²) >= 11 is 0. The number of aliphatic imine (C=N–C) groups is 1. The van der Waals surface area contributed by atoms with Crippen LogP contribution in [0.2, 0.25) is 0 Å². The van der Waals surface area contributed by atoms with Crippen molar-refractivity contribution in [3.63, 3.8) is 0 Å². The van der Waals surface area contributed by atoms with Crippen molar-refractivity contribution in [1.82, 2.24) is 20.5 Å². The molecule has 0 bridgehead atoms. The standard InChI is InChI=1S/C21H29N5O.HI/c1-15-7-8-17-16(13-24-18(17)12-15)9-10-23-21(22-2)25-14-19(26(3)4)20-6-5-11-27-20;/h5-8,11-13,19,24H,9-10,14H2,1-4H3,(H2,22,23,25);1H. The minimum atomic E-state index is 0. The number of benzene rings is 1. The number of hydrogen-bond donors (Lipinski definition) is 3. The highest BCUT2D eigenvalue weighted by molar-refractivity contribution is 14.0. The van der Waals surface area contributed by atoms with Crippen molar-refractivity contribution in [3.05, 3.63) is 59.7 Å². The average molecular weight is 495 g/mol. The van der Waals surface area contributed by atoms with Gasteiger partial charge in [-0.15, -0.1) is 24.0 Å². The number of H-pyrrole nitrogens is 1. The average Bonchev–Trinajstić information content (AvgIpc) is 3.30. The zero-order chi connectivity index (χ0) is 19.2. The van der Waals surface area contributed by atoms with Gasteiger partial charge in [0, 0.05) is 37.2 Å². The molecule has 1 atom stereocenters. The Bertz CT molecular complexity index is 885. The first kappa shape index (κ1) is 22.3. The molecule has 3 N–H and O–H groups in total. The van der Waals surface area contributed by atoms with E-state index in [1.54, 1.807) is 13.3 Å². The van der Waals surface area contributed by atoms with Crippen molar-refractivity contribution in [2.75, 3.05) is 34.2 Å². The first-order chi connectivity index (χ1) is 13.1. The summed E-state index contributed by atoms with van der Waals surface area (Å²) in [7, 11) is 5.88. The van der Waals surface area contributed by atoms with Crippen molar-refractivity contribution < 1.29 is 4.42 Å². The molecule has 0 aliphatic heterocycles. The molecule has 2 aromatic heterocycles. The maximum atomic E-state index is 5.56. The van der Waals surface area contributed by atoms with Crippen molar-refractivity contribution in [2.45, 2.75) is 19.4 Å². The van der Waals surface area contributed by atoms with E-state index >= 15 is 0 Å². The van der Waals surface area contributed by atoms with Gasteiger partial charge in [0.2, 0.25) is 0 Å². The van der Waals surface area contributed by atoms with Crippen LogP contribution in [0.15, 0.2) is 52.2 Å². The van der Waals surface area contributed by atoms with Crippen LogP contribution in [0.3, 0.4) is 0 Å². The number of nitrogens with zero attached hydrogens (tertiary/aromatic N) is 2. The van der Waals surface area contributed by atoms with E-state index in [0.29, 0.717) is 6.54 Å². The summed E-state index contributed by atoms with van der Waals surface area (Å²) in [5.74, 6) is 1.74. The molecule has 0 aliphatic carbocycles. The molecule has 1 aromatic carbocycles. The van der Waals surface area contributed by atoms with E-state index in [0.717, 1.165) is 24.7 Å². The molecule has 0 saturated carbocycles. The number of rotatable bonds is 7. The molecule has 0 spiro atoms. The lowest BCUT2D eigenvalue weighted by Gasteiger charge is -2.23. The number of hydrogen-bond acceptors (Lipinski definition) is 3. The Balaban J connectivity index is 0.00000280. The van der Waals surface area contributed by atoms with Crippen molar-refractivity contribution in [1.29, 1.82) is 0 Å². The quantitative estimate of drug-likeness (QED) is 0.266. The van der Waals surface area contributed by atoms with Gasteiger partial charge in [-0.05, 0) is 56.8 Å². The summed E-state index contributed by atoms with van der Waals surface area (Å²) in [5, 5.41) is 8.08. The Morgan fingerprint density at radius 2 is 2.07 bits per heavy atom. The maximum absolute atomic E-state index is 5.56. The summed E-state index contributed by atoms with van der Waals surface area (Å²) in [4.78, 5) is 9.82. The van der Waals surface area contributed by atoms with Crippen LogP contribution in [-0.4, -0.2) is 50.1 Å². The van der Waals surface area contributed by atoms with Gasteiger partial charge in [0.15, 0.2) is 5.96 Å². The van der Waals surface area contributed by atoms with Gasteiger partial charge in [0.25, 0.3) is 0 Å². The molecule has 0 radical (unpaired) electrons. The smallest absolute Gasteiger partial charge is 0.191 e. The monoisotopic (exact) mass is 495 g/mol. The molecule has 6 nitrogen and oxygen atoms in total. The minimum absolute atomic E-state index is 0. The number of aromatic amines is 1. The van der Waals surface area contributed by atoms with Gasteiger partial charge in [-0.3, -0.25) is 9.89 Å². The van der Waals surface area contributed by atoms with Crippen LogP contribution in [0.25, 0.3) is 10.9 Å². The molecule has 0 amide bonds. The first-order valence-corrected chi connectivity index (χ1v) is 9.29. The molecule has 152 valence electrons. The van der Waals surface area contributed by atoms with E-state index in [1.807, 2.05) is 26.2 Å². The highest BCUT2D eigenvalue weighted by Crippen LogP contribution is 2.20. The molecule has 1 unspecified atom stereocenters. The van der Waals surface area contributed by atoms with Crippen molar-refractivity contribution in [3.8, 4) is 0 Å². The molecule has 3 rings (SSSR count). The number of fused-ring (bicyclic) bond motifs is 1. The topological polar surface area (TPSA) is 68.6 Å². The zero-order valence-electron chi connectivity index (χ0n) is 17.0. The fourth-order valence-electron chi connectivity index (χ4n) is 3.26. The van der Waals surface area contributed by atoms with Crippen LogP contribution in [0, 0.1) is 6.92 Å². The second-order valence-electron chi connectivity index (χ2n) is 6.99. The molecule has 0 saturated heterocycles. The third-order valence-electron chi connectivity index (χ3n) is 4.79. The van der Waals surface area contributed by atoms with E-state index in [9.17, 15) is 0 Å². The second kappa shape index (κ2) is 10.5. The van der Waals surface area contributed by atoms with E-state index in [4.69, 9.17) is 4.42 Å². The SMILES string of the molecule is CN=C(NCCc1c[nH]c2cc(C)ccc12)NCC(c1ccco1)N(C)C.I. The Hall–Kier alpha value is -2.00. The highest BCUT2D eigenvalue weighted by atomic mass is 127. The van der Waals surface area contributed by atoms with Gasteiger partial charge in [-0.25, -0.2) is 0 Å². The van der Waals surface area contributed by atoms with Crippen molar-refractivity contribution >= 4 is 40.8 Å². The molecule has 28 heavy (non-hydrogen) atoms. The van der Waals surface area contributed by atoms with Crippen LogP contribution >= 0.6 is 24.0 Å². The van der Waals surface area contributed by atoms with Gasteiger partial charge >= 0.3 is 0 Å². The Morgan fingerprint density at radius 1 is 1.25 bits per heavy atom. The van der Waals surface area contributed by atoms with Gasteiger partial charge in [-0.2, -0.15) is 0 Å². The van der Waals surface area contributed by atoms with Gasteiger partial charge in [-0.1, -0.05) is 12.1 Å². The van der Waals surface area contributed by atoms with Gasteiger partial charge in [0.05, 0.1) is 12.3 Å². The van der Waals surface area contributed by atoms with Crippen molar-refractivity contribution in [2.24, 2.45) is 4.99 Å². The minimum Gasteiger partial charge on any atom is -0.468 e. The number of likely N-dealkylation sites (N-methyl/N-ethyl adjacent to an activating group) is 1. The van der Waals surface area contributed by atoms with Crippen LogP contribution in [0.4, 0.5) is 0 Å². The van der Waals surface area contributed by atoms with Crippen LogP contribution in [-0.2, 0) is 6.42 Å². The molecular weight excluding hydrogens is 465 g/mol. The predicted octanol–water partition coefficient (Wildman–Crippen LogP) is 3.70. The van der Waals surface area contributed by atoms with Gasteiger partial charge < -0.3 is 20.0 Å². The Morgan fingerprint density at radius 3 is 2.75 bits per heavy atom. The number of halogens is 1. The molecule has 2 heterocycles. The van der Waals surface area contributed by atoms with E-state index in [1.165, 1.54) is 22.0 Å². The number of nitrogens with one attached hydrogen (secondary N) is 3. The molecular formula is C21H30IN5O. The third-order valence-corrected chi connectivity index (χ3v) is 4.79. The lowest BCUT2D eigenvalue weighted by molar-refractivity contribution is 0.258. The van der Waals surface area contributed by atoms with E-state index < -0.39 is 0 Å². The number of aryl methyl sites for hydroxylation is 1. The van der Waals surface area contributed by atoms with Crippen LogP contribution < -0.4 is 10.6 Å². The number of aromatic nitrogens is 1. The Labute approximate surface area is 183 Å². The summed E-state index contributed by atoms with van der Waals surface area (Å²) in [6, 6.07) is 10.6. The molecule has 0 fully saturated rings. The van der Waals surface area contributed by atoms with Crippen LogP contribution in [0.1, 0.15) is 22.9 Å². The number of furan rings is 1. The number of guanidine groups is 1. The van der Waals surface area contributed by atoms with E-state index in [-0.39, 0.29) is 30.0 Å². The van der Waals surface area contributed by atoms with E-state index in [2.05, 4.69) is 56.8 Å². The lowest BCUT2D eigenvalue weighted by Crippen LogP contribution is -2.42. The summed E-state index contributed by atoms with van der Waals surface area (Å²) in [6.07, 6.45) is 4.74. The molecule has 0 aliphatic rings. The third kappa shape index (κ3) is 5.51. The Kier molecular flexibility index (Phi) is 8.37. The predicted molar refractivity (Wildman–Crippen MR) is 127 cm³/mol. The lowest BCUT2D eigenvalue weighted by atomic mass is 10.1. The summed E-state index contributed by atoms with van der Waals surface area (Å²) in [5.41, 5.74) is 3.78. The second-order valence-corrected chi connectivity index (χ2v) is 6.99. The first-order valence-electron chi connectivity index (χ1n) is 9.29. The summed E-state index contributed by atoms with van der Waals surface area (Å²) < 4.78 is 5.56. The normalized spacial score (nSPS) is 12.8. The van der Waals surface area contributed by atoms with Crippen LogP contribution in [0.5, 0.6) is 0 Å². The molecule has 3 aromatic rings. The summed E-state index contributed by atoms with van der Waals surface area (Å²) in [6.45, 7) is 3.64. The fourth-order valence-corrected chi connectivity index (χ4v) is 3.26. The molecule has 7 heteroatoms. The fraction of sp³-hybridized carbons (Fsp3) is 0.381. The maximum Gasteiger partial charge on any atom is 0.191 e. The highest BCUT2D eigenvalue weighted by Gasteiger charge is 2.17. The zero-order valence-corrected chi connectivity index (χ0v) is 19.3. The van der Waals surface area contributed by atoms with Gasteiger partial charge in [0.1, 0.15) is 5.76 Å².